The topological polar surface area (TPSA) is 108 Å². The van der Waals surface area contributed by atoms with E-state index in [0.29, 0.717) is 70.9 Å². The van der Waals surface area contributed by atoms with Crippen molar-refractivity contribution in [1.82, 2.24) is 9.80 Å². The van der Waals surface area contributed by atoms with Gasteiger partial charge < -0.3 is 25.2 Å². The quantitative estimate of drug-likeness (QED) is 0.390. The third-order valence-electron chi connectivity index (χ3n) is 6.41. The Kier molecular flexibility index (Phi) is 13.7. The summed E-state index contributed by atoms with van der Waals surface area (Å²) >= 11 is 24.0. The highest BCUT2D eigenvalue weighted by molar-refractivity contribution is 6.41. The number of likely N-dealkylation sites (tertiary alicyclic amines) is 1. The Hall–Kier alpha value is -2.56. The summed E-state index contributed by atoms with van der Waals surface area (Å²) in [5.74, 6) is -2.44. The molecule has 0 saturated carbocycles. The van der Waals surface area contributed by atoms with Crippen molar-refractivity contribution in [3.63, 3.8) is 0 Å². The molecule has 4 amide bonds. The van der Waals surface area contributed by atoms with Gasteiger partial charge in [0, 0.05) is 57.6 Å². The van der Waals surface area contributed by atoms with Crippen LogP contribution in [0.15, 0.2) is 24.3 Å². The monoisotopic (exact) mass is 646 g/mol. The first-order chi connectivity index (χ1) is 19.0. The number of nitrogens with one attached hydrogen (secondary N) is 2. The number of piperidine rings is 1. The lowest BCUT2D eigenvalue weighted by Crippen LogP contribution is -2.45. The lowest BCUT2D eigenvalue weighted by atomic mass is 10.1. The third-order valence-corrected chi connectivity index (χ3v) is 7.98. The fourth-order valence-corrected chi connectivity index (χ4v) is 4.93. The van der Waals surface area contributed by atoms with Crippen LogP contribution in [0.5, 0.6) is 0 Å². The molecule has 2 aromatic carbocycles. The van der Waals surface area contributed by atoms with Crippen molar-refractivity contribution in [1.29, 1.82) is 0 Å². The van der Waals surface area contributed by atoms with Crippen LogP contribution >= 0.6 is 46.4 Å². The fraction of sp³-hybridized carbons (Fsp3) is 0.429. The summed E-state index contributed by atoms with van der Waals surface area (Å²) in [6.45, 7) is 6.57. The smallest absolute Gasteiger partial charge is 0.313 e. The minimum atomic E-state index is -0.706. The molecule has 0 unspecified atom stereocenters. The summed E-state index contributed by atoms with van der Waals surface area (Å²) in [6, 6.07) is 6.30. The second-order valence-electron chi connectivity index (χ2n) is 9.30. The SMILES string of the molecule is C.Cc1c(Cl)cc(NC(=O)C(=O)N2CCCCC2)cc1Cl.Cc1c(Cl)cc(NC(=O)C(=O)N2CCOCC2)cc1Cl. The van der Waals surface area contributed by atoms with Gasteiger partial charge in [0.1, 0.15) is 0 Å². The van der Waals surface area contributed by atoms with Crippen molar-refractivity contribution in [2.75, 3.05) is 50.0 Å². The average molecular weight is 648 g/mol. The molecule has 0 radical (unpaired) electrons. The van der Waals surface area contributed by atoms with E-state index in [1.54, 1.807) is 43.0 Å². The molecule has 2 heterocycles. The number of halogens is 4. The van der Waals surface area contributed by atoms with E-state index >= 15 is 0 Å². The van der Waals surface area contributed by atoms with E-state index in [1.165, 1.54) is 4.90 Å². The van der Waals surface area contributed by atoms with Gasteiger partial charge in [-0.1, -0.05) is 53.8 Å². The number of hydrogen-bond acceptors (Lipinski definition) is 5. The number of carbonyl (C=O) groups excluding carboxylic acids is 4. The minimum Gasteiger partial charge on any atom is -0.378 e. The molecule has 9 nitrogen and oxygen atoms in total. The molecule has 2 fully saturated rings. The summed E-state index contributed by atoms with van der Waals surface area (Å²) in [4.78, 5) is 50.8. The maximum atomic E-state index is 12.0. The Morgan fingerprint density at radius 1 is 0.634 bits per heavy atom. The number of nitrogens with zero attached hydrogens (tertiary/aromatic N) is 2. The van der Waals surface area contributed by atoms with Crippen molar-refractivity contribution in [3.8, 4) is 0 Å². The van der Waals surface area contributed by atoms with E-state index in [9.17, 15) is 19.2 Å². The van der Waals surface area contributed by atoms with E-state index < -0.39 is 23.6 Å². The Morgan fingerprint density at radius 2 is 0.976 bits per heavy atom. The van der Waals surface area contributed by atoms with Crippen LogP contribution in [0.2, 0.25) is 20.1 Å². The predicted octanol–water partition coefficient (Wildman–Crippen LogP) is 5.99. The standard InChI is InChI=1S/C14H16Cl2N2O2.C13H14Cl2N2O3.CH4/c1-9-11(15)7-10(8-12(9)16)17-13(19)14(20)18-5-3-2-4-6-18;1-8-10(14)6-9(7-11(8)15)16-12(18)13(19)17-2-4-20-5-3-17;/h7-8H,2-6H2,1H3,(H,17,19);6-7H,2-5H2,1H3,(H,16,18);1H4. The summed E-state index contributed by atoms with van der Waals surface area (Å²) < 4.78 is 5.13. The highest BCUT2D eigenvalue weighted by atomic mass is 35.5. The minimum absolute atomic E-state index is 0. The molecular weight excluding hydrogens is 614 g/mol. The lowest BCUT2D eigenvalue weighted by molar-refractivity contribution is -0.145. The number of amides is 4. The number of hydrogen-bond donors (Lipinski definition) is 2. The van der Waals surface area contributed by atoms with Gasteiger partial charge in [-0.05, 0) is 68.5 Å². The van der Waals surface area contributed by atoms with Crippen LogP contribution in [0.1, 0.15) is 37.8 Å². The number of ether oxygens (including phenoxy) is 1. The van der Waals surface area contributed by atoms with E-state index in [4.69, 9.17) is 51.1 Å². The van der Waals surface area contributed by atoms with Crippen LogP contribution in [-0.2, 0) is 23.9 Å². The molecule has 2 N–H and O–H groups in total. The Balaban J connectivity index is 0.000000280. The van der Waals surface area contributed by atoms with Crippen molar-refractivity contribution in [2.24, 2.45) is 0 Å². The van der Waals surface area contributed by atoms with Crippen molar-refractivity contribution < 1.29 is 23.9 Å². The Labute approximate surface area is 260 Å². The van der Waals surface area contributed by atoms with Gasteiger partial charge in [-0.3, -0.25) is 19.2 Å². The number of benzene rings is 2. The number of anilines is 2. The average Bonchev–Trinajstić information content (AvgIpc) is 2.95. The molecule has 0 aromatic heterocycles. The Bertz CT molecular complexity index is 1130. The molecule has 41 heavy (non-hydrogen) atoms. The number of carbonyl (C=O) groups is 4. The number of rotatable bonds is 2. The number of morpholine rings is 1. The van der Waals surface area contributed by atoms with Crippen LogP contribution in [-0.4, -0.2) is 72.8 Å². The van der Waals surface area contributed by atoms with Crippen LogP contribution in [0, 0.1) is 13.8 Å². The molecule has 0 aliphatic carbocycles. The highest BCUT2D eigenvalue weighted by Gasteiger charge is 2.25. The van der Waals surface area contributed by atoms with E-state index in [1.807, 2.05) is 0 Å². The summed E-state index contributed by atoms with van der Waals surface area (Å²) in [5, 5.41) is 6.84. The predicted molar refractivity (Wildman–Crippen MR) is 164 cm³/mol. The largest absolute Gasteiger partial charge is 0.378 e. The van der Waals surface area contributed by atoms with Gasteiger partial charge >= 0.3 is 23.6 Å². The molecule has 4 rings (SSSR count). The first-order valence-corrected chi connectivity index (χ1v) is 14.2. The van der Waals surface area contributed by atoms with Crippen molar-refractivity contribution in [3.05, 3.63) is 55.5 Å². The van der Waals surface area contributed by atoms with E-state index in [0.717, 1.165) is 30.4 Å². The van der Waals surface area contributed by atoms with Crippen LogP contribution in [0.3, 0.4) is 0 Å². The third kappa shape index (κ3) is 9.75. The highest BCUT2D eigenvalue weighted by Crippen LogP contribution is 2.29. The second-order valence-corrected chi connectivity index (χ2v) is 10.9. The molecule has 2 aliphatic rings. The molecule has 224 valence electrons. The van der Waals surface area contributed by atoms with Gasteiger partial charge in [0.15, 0.2) is 0 Å². The van der Waals surface area contributed by atoms with Crippen molar-refractivity contribution in [2.45, 2.75) is 40.5 Å². The van der Waals surface area contributed by atoms with Crippen molar-refractivity contribution >= 4 is 81.4 Å². The van der Waals surface area contributed by atoms with Gasteiger partial charge in [0.25, 0.3) is 0 Å². The zero-order chi connectivity index (χ0) is 29.4. The van der Waals surface area contributed by atoms with Gasteiger partial charge in [0.05, 0.1) is 13.2 Å². The first-order valence-electron chi connectivity index (χ1n) is 12.7. The van der Waals surface area contributed by atoms with Crippen LogP contribution in [0.4, 0.5) is 11.4 Å². The zero-order valence-corrected chi connectivity index (χ0v) is 25.1. The maximum Gasteiger partial charge on any atom is 0.313 e. The molecule has 2 aromatic rings. The summed E-state index contributed by atoms with van der Waals surface area (Å²) in [5.41, 5.74) is 2.30. The van der Waals surface area contributed by atoms with Gasteiger partial charge in [-0.2, -0.15) is 0 Å². The van der Waals surface area contributed by atoms with Gasteiger partial charge in [-0.25, -0.2) is 0 Å². The maximum absolute atomic E-state index is 12.0. The molecule has 2 saturated heterocycles. The fourth-order valence-electron chi connectivity index (χ4n) is 3.95. The molecular formula is C28H34Cl4N4O5. The normalized spacial score (nSPS) is 14.7. The van der Waals surface area contributed by atoms with Crippen LogP contribution in [0.25, 0.3) is 0 Å². The zero-order valence-electron chi connectivity index (χ0n) is 22.1. The molecule has 0 bridgehead atoms. The summed E-state index contributed by atoms with van der Waals surface area (Å²) in [6.07, 6.45) is 3.00. The molecule has 2 aliphatic heterocycles. The molecule has 0 spiro atoms. The first kappa shape index (κ1) is 34.6. The summed E-state index contributed by atoms with van der Waals surface area (Å²) in [7, 11) is 0. The molecule has 0 atom stereocenters. The molecule has 13 heteroatoms. The van der Waals surface area contributed by atoms with Crippen LogP contribution < -0.4 is 10.6 Å². The van der Waals surface area contributed by atoms with E-state index in [2.05, 4.69) is 10.6 Å². The van der Waals surface area contributed by atoms with E-state index in [-0.39, 0.29) is 7.43 Å². The Morgan fingerprint density at radius 3 is 1.34 bits per heavy atom. The lowest BCUT2D eigenvalue weighted by Gasteiger charge is -2.26. The second kappa shape index (κ2) is 16.2. The van der Waals surface area contributed by atoms with Gasteiger partial charge in [0.2, 0.25) is 0 Å². The van der Waals surface area contributed by atoms with Gasteiger partial charge in [-0.15, -0.1) is 0 Å².